The average molecular weight is 480 g/mol. The predicted molar refractivity (Wildman–Crippen MR) is 121 cm³/mol. The van der Waals surface area contributed by atoms with Gasteiger partial charge in [0, 0.05) is 11.9 Å². The normalized spacial score (nSPS) is 11.8. The highest BCUT2D eigenvalue weighted by molar-refractivity contribution is 6.04. The number of imidazole rings is 1. The fraction of sp³-hybridized carbons (Fsp3) is 0.167. The predicted octanol–water partition coefficient (Wildman–Crippen LogP) is 5.15. The van der Waals surface area contributed by atoms with Crippen molar-refractivity contribution >= 4 is 22.9 Å². The van der Waals surface area contributed by atoms with Crippen LogP contribution in [0.3, 0.4) is 0 Å². The first-order chi connectivity index (χ1) is 16.7. The average Bonchev–Trinajstić information content (AvgIpc) is 3.53. The number of aryl methyl sites for hydroxylation is 2. The third kappa shape index (κ3) is 4.39. The van der Waals surface area contributed by atoms with Crippen molar-refractivity contribution in [2.24, 2.45) is 0 Å². The molecule has 5 rings (SSSR count). The van der Waals surface area contributed by atoms with Gasteiger partial charge in [-0.05, 0) is 62.4 Å². The van der Waals surface area contributed by atoms with E-state index in [0.29, 0.717) is 17.1 Å². The molecule has 0 saturated heterocycles. The van der Waals surface area contributed by atoms with Crippen molar-refractivity contribution in [1.29, 1.82) is 0 Å². The van der Waals surface area contributed by atoms with Crippen molar-refractivity contribution in [3.63, 3.8) is 0 Å². The summed E-state index contributed by atoms with van der Waals surface area (Å²) in [5.74, 6) is 0.681. The number of halogens is 3. The number of benzene rings is 1. The Labute approximate surface area is 197 Å². The molecule has 35 heavy (non-hydrogen) atoms. The minimum Gasteiger partial charge on any atom is -0.467 e. The summed E-state index contributed by atoms with van der Waals surface area (Å²) in [5, 5.41) is 7.06. The van der Waals surface area contributed by atoms with Crippen LogP contribution in [0.25, 0.3) is 16.9 Å². The molecule has 0 aliphatic carbocycles. The number of alkyl halides is 3. The van der Waals surface area contributed by atoms with Gasteiger partial charge >= 0.3 is 6.18 Å². The first-order valence-corrected chi connectivity index (χ1v) is 10.6. The van der Waals surface area contributed by atoms with Crippen molar-refractivity contribution < 1.29 is 22.4 Å². The van der Waals surface area contributed by atoms with Gasteiger partial charge in [0.15, 0.2) is 5.82 Å². The molecule has 0 bridgehead atoms. The molecule has 8 nitrogen and oxygen atoms in total. The number of fused-ring (bicyclic) bond motifs is 1. The highest BCUT2D eigenvalue weighted by Gasteiger charge is 2.31. The maximum Gasteiger partial charge on any atom is 0.416 e. The molecule has 0 atom stereocenters. The molecule has 0 aliphatic rings. The van der Waals surface area contributed by atoms with Gasteiger partial charge in [0.1, 0.15) is 5.76 Å². The Kier molecular flexibility index (Phi) is 5.39. The van der Waals surface area contributed by atoms with Crippen molar-refractivity contribution in [2.75, 3.05) is 5.32 Å². The molecule has 1 aromatic carbocycles. The lowest BCUT2D eigenvalue weighted by Crippen LogP contribution is -2.17. The number of pyridine rings is 1. The van der Waals surface area contributed by atoms with E-state index in [0.717, 1.165) is 23.5 Å². The number of rotatable bonds is 5. The summed E-state index contributed by atoms with van der Waals surface area (Å²) in [4.78, 5) is 21.6. The number of amides is 1. The molecule has 0 saturated carbocycles. The largest absolute Gasteiger partial charge is 0.467 e. The lowest BCUT2D eigenvalue weighted by molar-refractivity contribution is -0.137. The van der Waals surface area contributed by atoms with Crippen LogP contribution in [0.4, 0.5) is 19.1 Å². The van der Waals surface area contributed by atoms with Gasteiger partial charge in [0.25, 0.3) is 5.91 Å². The van der Waals surface area contributed by atoms with Crippen LogP contribution in [0, 0.1) is 13.8 Å². The van der Waals surface area contributed by atoms with Crippen LogP contribution in [0.2, 0.25) is 0 Å². The van der Waals surface area contributed by atoms with E-state index in [2.05, 4.69) is 20.4 Å². The van der Waals surface area contributed by atoms with Gasteiger partial charge in [-0.1, -0.05) is 0 Å². The van der Waals surface area contributed by atoms with Crippen molar-refractivity contribution in [3.05, 3.63) is 89.3 Å². The highest BCUT2D eigenvalue weighted by atomic mass is 19.4. The van der Waals surface area contributed by atoms with Crippen molar-refractivity contribution in [3.8, 4) is 5.82 Å². The van der Waals surface area contributed by atoms with Gasteiger partial charge < -0.3 is 8.98 Å². The van der Waals surface area contributed by atoms with E-state index >= 15 is 0 Å². The molecule has 4 aromatic heterocycles. The number of aromatic nitrogens is 5. The fourth-order valence-electron chi connectivity index (χ4n) is 3.80. The van der Waals surface area contributed by atoms with Crippen LogP contribution in [0.1, 0.15) is 33.1 Å². The standard InChI is InChI=1S/C24H19F3N6O2/c1-14-10-15(2)33(31-14)21-8-5-16(12-28-21)22(34)30-23-29-19-11-17(24(25,26)27)6-7-20(19)32(23)13-18-4-3-9-35-18/h3-12H,13H2,1-2H3,(H,29,30,34). The summed E-state index contributed by atoms with van der Waals surface area (Å²) < 4.78 is 48.3. The second-order valence-electron chi connectivity index (χ2n) is 8.00. The number of hydrogen-bond acceptors (Lipinski definition) is 5. The van der Waals surface area contributed by atoms with Crippen LogP contribution in [0.5, 0.6) is 0 Å². The second kappa shape index (κ2) is 8.42. The zero-order valence-electron chi connectivity index (χ0n) is 18.7. The minimum atomic E-state index is -4.51. The van der Waals surface area contributed by atoms with Crippen LogP contribution in [-0.4, -0.2) is 30.2 Å². The van der Waals surface area contributed by atoms with Crippen LogP contribution < -0.4 is 5.32 Å². The van der Waals surface area contributed by atoms with Crippen molar-refractivity contribution in [1.82, 2.24) is 24.3 Å². The van der Waals surface area contributed by atoms with Crippen LogP contribution >= 0.6 is 0 Å². The van der Waals surface area contributed by atoms with Crippen molar-refractivity contribution in [2.45, 2.75) is 26.6 Å². The summed E-state index contributed by atoms with van der Waals surface area (Å²) in [7, 11) is 0. The molecule has 178 valence electrons. The smallest absolute Gasteiger partial charge is 0.416 e. The third-order valence-corrected chi connectivity index (χ3v) is 5.43. The van der Waals surface area contributed by atoms with Gasteiger partial charge in [-0.25, -0.2) is 14.6 Å². The Bertz CT molecular complexity index is 1520. The third-order valence-electron chi connectivity index (χ3n) is 5.43. The van der Waals surface area contributed by atoms with E-state index in [1.54, 1.807) is 33.5 Å². The van der Waals surface area contributed by atoms with Gasteiger partial charge in [-0.15, -0.1) is 0 Å². The van der Waals surface area contributed by atoms with Gasteiger partial charge in [-0.3, -0.25) is 10.1 Å². The van der Waals surface area contributed by atoms with E-state index < -0.39 is 17.6 Å². The molecule has 0 unspecified atom stereocenters. The van der Waals surface area contributed by atoms with E-state index in [4.69, 9.17) is 4.42 Å². The maximum atomic E-state index is 13.2. The number of furan rings is 1. The fourth-order valence-corrected chi connectivity index (χ4v) is 3.80. The molecule has 0 aliphatic heterocycles. The number of hydrogen-bond donors (Lipinski definition) is 1. The Morgan fingerprint density at radius 2 is 1.94 bits per heavy atom. The van der Waals surface area contributed by atoms with E-state index in [-0.39, 0.29) is 23.6 Å². The topological polar surface area (TPSA) is 90.8 Å². The number of nitrogens with zero attached hydrogens (tertiary/aromatic N) is 5. The van der Waals surface area contributed by atoms with E-state index in [9.17, 15) is 18.0 Å². The molecule has 0 spiro atoms. The highest BCUT2D eigenvalue weighted by Crippen LogP contribution is 2.32. The molecule has 0 radical (unpaired) electrons. The summed E-state index contributed by atoms with van der Waals surface area (Å²) in [6, 6.07) is 11.9. The number of nitrogens with one attached hydrogen (secondary N) is 1. The van der Waals surface area contributed by atoms with Gasteiger partial charge in [0.05, 0.1) is 40.7 Å². The lowest BCUT2D eigenvalue weighted by Gasteiger charge is -2.10. The Morgan fingerprint density at radius 1 is 1.11 bits per heavy atom. The molecule has 1 amide bonds. The Morgan fingerprint density at radius 3 is 2.57 bits per heavy atom. The van der Waals surface area contributed by atoms with E-state index in [1.165, 1.54) is 18.5 Å². The van der Waals surface area contributed by atoms with Crippen LogP contribution in [0.15, 0.2) is 65.4 Å². The molecule has 1 N–H and O–H groups in total. The Hall–Kier alpha value is -4.41. The summed E-state index contributed by atoms with van der Waals surface area (Å²) in [6.45, 7) is 3.94. The monoisotopic (exact) mass is 480 g/mol. The lowest BCUT2D eigenvalue weighted by atomic mass is 10.2. The minimum absolute atomic E-state index is 0.0864. The van der Waals surface area contributed by atoms with Gasteiger partial charge in [-0.2, -0.15) is 18.3 Å². The van der Waals surface area contributed by atoms with Gasteiger partial charge in [0.2, 0.25) is 5.95 Å². The zero-order chi connectivity index (χ0) is 24.7. The number of anilines is 1. The maximum absolute atomic E-state index is 13.2. The molecule has 5 aromatic rings. The zero-order valence-corrected chi connectivity index (χ0v) is 18.7. The first kappa shape index (κ1) is 22.4. The number of carbonyl (C=O) groups excluding carboxylic acids is 1. The molecule has 11 heteroatoms. The summed E-state index contributed by atoms with van der Waals surface area (Å²) >= 11 is 0. The molecular weight excluding hydrogens is 461 g/mol. The second-order valence-corrected chi connectivity index (χ2v) is 8.00. The number of carbonyl (C=O) groups is 1. The first-order valence-electron chi connectivity index (χ1n) is 10.6. The quantitative estimate of drug-likeness (QED) is 0.376. The molecule has 0 fully saturated rings. The summed E-state index contributed by atoms with van der Waals surface area (Å²) in [6.07, 6.45) is -1.62. The van der Waals surface area contributed by atoms with Crippen LogP contribution in [-0.2, 0) is 12.7 Å². The summed E-state index contributed by atoms with van der Waals surface area (Å²) in [5.41, 5.74) is 1.69. The molecular formula is C24H19F3N6O2. The Balaban J connectivity index is 1.47. The van der Waals surface area contributed by atoms with E-state index in [1.807, 2.05) is 19.9 Å². The SMILES string of the molecule is Cc1cc(C)n(-c2ccc(C(=O)Nc3nc4cc(C(F)(F)F)ccc4n3Cc3ccco3)cn2)n1. The molecule has 4 heterocycles.